The van der Waals surface area contributed by atoms with Crippen LogP contribution in [0.3, 0.4) is 0 Å². The molecular weight excluding hydrogens is 320 g/mol. The summed E-state index contributed by atoms with van der Waals surface area (Å²) in [4.78, 5) is 0. The van der Waals surface area contributed by atoms with Crippen molar-refractivity contribution in [1.29, 1.82) is 5.26 Å². The smallest absolute Gasteiger partial charge is 0.126 e. The van der Waals surface area contributed by atoms with E-state index in [0.29, 0.717) is 11.3 Å². The van der Waals surface area contributed by atoms with E-state index in [1.54, 1.807) is 10.7 Å². The van der Waals surface area contributed by atoms with Gasteiger partial charge in [0.2, 0.25) is 0 Å². The Bertz CT molecular complexity index is 583. The molecule has 0 radical (unpaired) electrons. The number of hydrogen-bond acceptors (Lipinski definition) is 2. The van der Waals surface area contributed by atoms with Gasteiger partial charge in [-0.2, -0.15) is 10.4 Å². The minimum absolute atomic E-state index is 0.292. The summed E-state index contributed by atoms with van der Waals surface area (Å²) in [5.41, 5.74) is 1.76. The molecule has 3 nitrogen and oxygen atoms in total. The third-order valence-corrected chi connectivity index (χ3v) is 2.64. The summed E-state index contributed by atoms with van der Waals surface area (Å²) in [5.74, 6) is -0.432. The monoisotopic (exact) mass is 327 g/mol. The van der Waals surface area contributed by atoms with Crippen LogP contribution < -0.4 is 0 Å². The number of rotatable bonds is 1. The minimum Gasteiger partial charge on any atom is -0.237 e. The average molecular weight is 327 g/mol. The van der Waals surface area contributed by atoms with Crippen LogP contribution in [0.4, 0.5) is 4.39 Å². The molecule has 80 valence electrons. The first-order chi connectivity index (χ1) is 7.60. The normalized spacial score (nSPS) is 10.1. The summed E-state index contributed by atoms with van der Waals surface area (Å²) in [6, 6.07) is 7.98. The minimum atomic E-state index is -0.432. The van der Waals surface area contributed by atoms with Crippen LogP contribution in [0.25, 0.3) is 5.69 Å². The highest BCUT2D eigenvalue weighted by molar-refractivity contribution is 14.1. The van der Waals surface area contributed by atoms with Crippen molar-refractivity contribution in [2.45, 2.75) is 6.92 Å². The van der Waals surface area contributed by atoms with Crippen LogP contribution in [-0.2, 0) is 0 Å². The lowest BCUT2D eigenvalue weighted by Crippen LogP contribution is -2.00. The molecule has 0 fully saturated rings. The Labute approximate surface area is 106 Å². The van der Waals surface area contributed by atoms with Crippen molar-refractivity contribution in [2.24, 2.45) is 0 Å². The molecule has 0 spiro atoms. The van der Waals surface area contributed by atoms with Gasteiger partial charge in [0.15, 0.2) is 0 Å². The van der Waals surface area contributed by atoms with Gasteiger partial charge >= 0.3 is 0 Å². The predicted octanol–water partition coefficient (Wildman–Crippen LogP) is 2.80. The van der Waals surface area contributed by atoms with Gasteiger partial charge in [-0.05, 0) is 53.8 Å². The Hall–Kier alpha value is -1.42. The van der Waals surface area contributed by atoms with E-state index in [0.717, 1.165) is 9.39 Å². The summed E-state index contributed by atoms with van der Waals surface area (Å²) in [5, 5.41) is 13.0. The second kappa shape index (κ2) is 4.22. The van der Waals surface area contributed by atoms with Crippen molar-refractivity contribution in [1.82, 2.24) is 9.78 Å². The Morgan fingerprint density at radius 3 is 2.69 bits per heavy atom. The van der Waals surface area contributed by atoms with Crippen molar-refractivity contribution in [3.8, 4) is 11.8 Å². The summed E-state index contributed by atoms with van der Waals surface area (Å²) in [7, 11) is 0. The SMILES string of the molecule is Cc1cc(I)nn1-c1cc(F)cc(C#N)c1. The van der Waals surface area contributed by atoms with Gasteiger partial charge in [0, 0.05) is 5.69 Å². The van der Waals surface area contributed by atoms with E-state index in [-0.39, 0.29) is 0 Å². The second-order valence-corrected chi connectivity index (χ2v) is 4.44. The maximum absolute atomic E-state index is 13.2. The molecule has 5 heteroatoms. The molecule has 1 heterocycles. The fourth-order valence-electron chi connectivity index (χ4n) is 1.46. The highest BCUT2D eigenvalue weighted by atomic mass is 127. The van der Waals surface area contributed by atoms with Crippen LogP contribution in [0.15, 0.2) is 24.3 Å². The molecule has 0 aliphatic heterocycles. The van der Waals surface area contributed by atoms with E-state index in [9.17, 15) is 4.39 Å². The molecule has 0 bridgehead atoms. The Morgan fingerprint density at radius 2 is 2.12 bits per heavy atom. The van der Waals surface area contributed by atoms with Crippen molar-refractivity contribution in [3.05, 3.63) is 45.0 Å². The summed E-state index contributed by atoms with van der Waals surface area (Å²) in [6.45, 7) is 1.88. The first kappa shape index (κ1) is 11.1. The highest BCUT2D eigenvalue weighted by Crippen LogP contribution is 2.16. The lowest BCUT2D eigenvalue weighted by molar-refractivity contribution is 0.624. The highest BCUT2D eigenvalue weighted by Gasteiger charge is 2.07. The third-order valence-electron chi connectivity index (χ3n) is 2.11. The first-order valence-corrected chi connectivity index (χ1v) is 5.61. The van der Waals surface area contributed by atoms with E-state index in [1.807, 2.05) is 19.1 Å². The van der Waals surface area contributed by atoms with Crippen LogP contribution >= 0.6 is 22.6 Å². The third kappa shape index (κ3) is 2.07. The molecular formula is C11H7FIN3. The topological polar surface area (TPSA) is 41.6 Å². The molecule has 0 aliphatic carbocycles. The van der Waals surface area contributed by atoms with Crippen molar-refractivity contribution in [2.75, 3.05) is 0 Å². The molecule has 0 N–H and O–H groups in total. The Kier molecular flexibility index (Phi) is 2.92. The summed E-state index contributed by atoms with van der Waals surface area (Å²) >= 11 is 2.09. The molecule has 0 amide bonds. The maximum Gasteiger partial charge on any atom is 0.126 e. The molecule has 0 saturated heterocycles. The number of aryl methyl sites for hydroxylation is 1. The number of benzene rings is 1. The fraction of sp³-hybridized carbons (Fsp3) is 0.0909. The van der Waals surface area contributed by atoms with Crippen LogP contribution in [0, 0.1) is 27.8 Å². The zero-order chi connectivity index (χ0) is 11.7. The molecule has 0 aliphatic rings. The molecule has 0 unspecified atom stereocenters. The van der Waals surface area contributed by atoms with E-state index < -0.39 is 5.82 Å². The lowest BCUT2D eigenvalue weighted by atomic mass is 10.2. The average Bonchev–Trinajstić information content (AvgIpc) is 2.57. The van der Waals surface area contributed by atoms with Gasteiger partial charge in [0.25, 0.3) is 0 Å². The first-order valence-electron chi connectivity index (χ1n) is 4.53. The molecule has 1 aromatic carbocycles. The Balaban J connectivity index is 2.60. The number of nitriles is 1. The number of hydrogen-bond donors (Lipinski definition) is 0. The van der Waals surface area contributed by atoms with E-state index in [1.165, 1.54) is 12.1 Å². The summed E-state index contributed by atoms with van der Waals surface area (Å²) < 4.78 is 15.7. The zero-order valence-corrected chi connectivity index (χ0v) is 10.6. The largest absolute Gasteiger partial charge is 0.237 e. The van der Waals surface area contributed by atoms with Crippen LogP contribution in [-0.4, -0.2) is 9.78 Å². The summed E-state index contributed by atoms with van der Waals surface area (Å²) in [6.07, 6.45) is 0. The van der Waals surface area contributed by atoms with Crippen LogP contribution in [0.1, 0.15) is 11.3 Å². The van der Waals surface area contributed by atoms with Gasteiger partial charge in [-0.3, -0.25) is 0 Å². The van der Waals surface area contributed by atoms with Gasteiger partial charge in [0.1, 0.15) is 9.52 Å². The van der Waals surface area contributed by atoms with E-state index in [4.69, 9.17) is 5.26 Å². The maximum atomic E-state index is 13.2. The number of nitrogens with zero attached hydrogens (tertiary/aromatic N) is 3. The van der Waals surface area contributed by atoms with Crippen molar-refractivity contribution in [3.63, 3.8) is 0 Å². The van der Waals surface area contributed by atoms with Gasteiger partial charge in [-0.15, -0.1) is 0 Å². The van der Waals surface area contributed by atoms with E-state index >= 15 is 0 Å². The molecule has 1 aromatic heterocycles. The predicted molar refractivity (Wildman–Crippen MR) is 65.7 cm³/mol. The van der Waals surface area contributed by atoms with Gasteiger partial charge in [-0.25, -0.2) is 9.07 Å². The second-order valence-electron chi connectivity index (χ2n) is 3.33. The molecule has 16 heavy (non-hydrogen) atoms. The molecule has 0 atom stereocenters. The van der Waals surface area contributed by atoms with Gasteiger partial charge in [-0.1, -0.05) is 0 Å². The quantitative estimate of drug-likeness (QED) is 0.756. The van der Waals surface area contributed by atoms with Crippen LogP contribution in [0.2, 0.25) is 0 Å². The zero-order valence-electron chi connectivity index (χ0n) is 8.41. The van der Waals surface area contributed by atoms with Crippen molar-refractivity contribution >= 4 is 22.6 Å². The fourth-order valence-corrected chi connectivity index (χ4v) is 2.13. The number of aromatic nitrogens is 2. The number of halogens is 2. The standard InChI is InChI=1S/C11H7FIN3/c1-7-2-11(13)15-16(7)10-4-8(6-14)3-9(12)5-10/h2-5H,1H3. The molecule has 2 aromatic rings. The van der Waals surface area contributed by atoms with Gasteiger partial charge < -0.3 is 0 Å². The van der Waals surface area contributed by atoms with E-state index in [2.05, 4.69) is 27.7 Å². The lowest BCUT2D eigenvalue weighted by Gasteiger charge is -2.04. The van der Waals surface area contributed by atoms with Crippen molar-refractivity contribution < 1.29 is 4.39 Å². The van der Waals surface area contributed by atoms with Crippen LogP contribution in [0.5, 0.6) is 0 Å². The Morgan fingerprint density at radius 1 is 1.38 bits per heavy atom. The molecule has 2 rings (SSSR count). The molecule has 0 saturated carbocycles. The van der Waals surface area contributed by atoms with Gasteiger partial charge in [0.05, 0.1) is 17.3 Å².